The van der Waals surface area contributed by atoms with E-state index in [0.717, 1.165) is 0 Å². The zero-order valence-electron chi connectivity index (χ0n) is 5.31. The molecule has 0 aliphatic rings. The molecule has 10 heavy (non-hydrogen) atoms. The van der Waals surface area contributed by atoms with Crippen LogP contribution in [0, 0.1) is 6.92 Å². The van der Waals surface area contributed by atoms with Gasteiger partial charge in [-0.1, -0.05) is 0 Å². The van der Waals surface area contributed by atoms with E-state index in [4.69, 9.17) is 10.8 Å². The number of aromatic nitrogens is 2. The van der Waals surface area contributed by atoms with E-state index in [9.17, 15) is 0 Å². The minimum Gasteiger partial charge on any atom is -0.493 e. The third-order valence-electron chi connectivity index (χ3n) is 0.858. The van der Waals surface area contributed by atoms with E-state index in [2.05, 4.69) is 9.97 Å². The number of anilines is 1. The fourth-order valence-corrected chi connectivity index (χ4v) is 0.574. The van der Waals surface area contributed by atoms with Crippen LogP contribution in [0.25, 0.3) is 0 Å². The Morgan fingerprint density at radius 3 is 2.50 bits per heavy atom. The predicted octanol–water partition coefficient (Wildman–Crippen LogP) is 0.0703. The molecule has 0 bridgehead atoms. The third-order valence-corrected chi connectivity index (χ3v) is 0.858. The number of nitrogens with zero attached hydrogens (tertiary/aromatic N) is 2. The zero-order valence-corrected chi connectivity index (χ0v) is 6.30. The fourth-order valence-electron chi connectivity index (χ4n) is 0.574. The Morgan fingerprint density at radius 1 is 1.50 bits per heavy atom. The van der Waals surface area contributed by atoms with Crippen molar-refractivity contribution in [3.63, 3.8) is 0 Å². The van der Waals surface area contributed by atoms with Crippen LogP contribution in [-0.2, 0) is 16.5 Å². The van der Waals surface area contributed by atoms with Crippen LogP contribution in [0.4, 0.5) is 5.95 Å². The molecule has 0 aromatic carbocycles. The fraction of sp³-hybridized carbons (Fsp3) is 0.200. The smallest absolute Gasteiger partial charge is 0.223 e. The molecule has 1 aromatic rings. The summed E-state index contributed by atoms with van der Waals surface area (Å²) in [6, 6.07) is 1.44. The van der Waals surface area contributed by atoms with Crippen molar-refractivity contribution in [2.75, 3.05) is 5.73 Å². The van der Waals surface area contributed by atoms with Crippen LogP contribution in [-0.4, -0.2) is 15.1 Å². The zero-order chi connectivity index (χ0) is 6.85. The molecule has 0 unspecified atom stereocenters. The molecule has 0 spiro atoms. The van der Waals surface area contributed by atoms with Gasteiger partial charge in [-0.3, -0.25) is 0 Å². The number of hydrogen-bond donors (Lipinski definition) is 2. The van der Waals surface area contributed by atoms with Gasteiger partial charge in [0.2, 0.25) is 11.8 Å². The maximum absolute atomic E-state index is 8.76. The van der Waals surface area contributed by atoms with Crippen LogP contribution in [0.1, 0.15) is 5.69 Å². The molecular formula is C5H7N3NiO. The van der Waals surface area contributed by atoms with E-state index < -0.39 is 0 Å². The maximum atomic E-state index is 8.76. The van der Waals surface area contributed by atoms with E-state index in [0.29, 0.717) is 5.69 Å². The average Bonchev–Trinajstić information content (AvgIpc) is 1.59. The number of hydrogen-bond acceptors (Lipinski definition) is 4. The second-order valence-electron chi connectivity index (χ2n) is 1.73. The Hall–Kier alpha value is -0.826. The Labute approximate surface area is 68.4 Å². The molecule has 0 aliphatic carbocycles. The van der Waals surface area contributed by atoms with Gasteiger partial charge in [0.25, 0.3) is 0 Å². The van der Waals surface area contributed by atoms with Gasteiger partial charge in [0.1, 0.15) is 0 Å². The van der Waals surface area contributed by atoms with Crippen LogP contribution in [0.15, 0.2) is 6.07 Å². The van der Waals surface area contributed by atoms with Crippen LogP contribution < -0.4 is 5.73 Å². The SMILES string of the molecule is Cc1cc(O)nc(N)n1.[Ni]. The molecule has 0 saturated heterocycles. The Bertz CT molecular complexity index is 178. The maximum Gasteiger partial charge on any atom is 0.223 e. The van der Waals surface area contributed by atoms with Crippen molar-refractivity contribution in [1.82, 2.24) is 9.97 Å². The summed E-state index contributed by atoms with van der Waals surface area (Å²) in [5.41, 5.74) is 5.84. The number of rotatable bonds is 0. The number of aryl methyl sites for hydroxylation is 1. The molecule has 58 valence electrons. The van der Waals surface area contributed by atoms with Crippen molar-refractivity contribution in [2.24, 2.45) is 0 Å². The van der Waals surface area contributed by atoms with E-state index in [1.807, 2.05) is 0 Å². The quantitative estimate of drug-likeness (QED) is 0.559. The van der Waals surface area contributed by atoms with Crippen LogP contribution in [0.3, 0.4) is 0 Å². The predicted molar refractivity (Wildman–Crippen MR) is 32.8 cm³/mol. The molecule has 0 radical (unpaired) electrons. The standard InChI is InChI=1S/C5H7N3O.Ni/c1-3-2-4(9)8-5(6)7-3;/h2H,1H3,(H3,6,7,8,9);. The van der Waals surface area contributed by atoms with Crippen molar-refractivity contribution < 1.29 is 21.6 Å². The summed E-state index contributed by atoms with van der Waals surface area (Å²) in [4.78, 5) is 7.20. The largest absolute Gasteiger partial charge is 0.493 e. The summed E-state index contributed by atoms with van der Waals surface area (Å²) < 4.78 is 0. The summed E-state index contributed by atoms with van der Waals surface area (Å²) in [6.07, 6.45) is 0. The van der Waals surface area contributed by atoms with E-state index in [-0.39, 0.29) is 28.3 Å². The van der Waals surface area contributed by atoms with E-state index in [1.54, 1.807) is 6.92 Å². The van der Waals surface area contributed by atoms with Crippen molar-refractivity contribution in [3.05, 3.63) is 11.8 Å². The van der Waals surface area contributed by atoms with Gasteiger partial charge >= 0.3 is 0 Å². The van der Waals surface area contributed by atoms with Gasteiger partial charge < -0.3 is 10.8 Å². The minimum absolute atomic E-state index is 0. The van der Waals surface area contributed by atoms with Gasteiger partial charge in [-0.2, -0.15) is 4.98 Å². The molecule has 5 heteroatoms. The Morgan fingerprint density at radius 2 is 2.10 bits per heavy atom. The van der Waals surface area contributed by atoms with Gasteiger partial charge in [-0.05, 0) is 6.92 Å². The molecule has 3 N–H and O–H groups in total. The van der Waals surface area contributed by atoms with Crippen LogP contribution in [0.2, 0.25) is 0 Å². The van der Waals surface area contributed by atoms with Crippen LogP contribution in [0.5, 0.6) is 5.88 Å². The molecule has 0 amide bonds. The topological polar surface area (TPSA) is 72.0 Å². The van der Waals surface area contributed by atoms with E-state index >= 15 is 0 Å². The molecular weight excluding hydrogens is 177 g/mol. The monoisotopic (exact) mass is 183 g/mol. The minimum atomic E-state index is -0.0833. The Balaban J connectivity index is 0.000000810. The summed E-state index contributed by atoms with van der Waals surface area (Å²) in [6.45, 7) is 1.73. The molecule has 0 fully saturated rings. The van der Waals surface area contributed by atoms with Crippen LogP contribution >= 0.6 is 0 Å². The first-order valence-corrected chi connectivity index (χ1v) is 2.48. The van der Waals surface area contributed by atoms with Gasteiger partial charge in [-0.25, -0.2) is 4.98 Å². The first-order valence-electron chi connectivity index (χ1n) is 2.48. The van der Waals surface area contributed by atoms with Crippen molar-refractivity contribution in [2.45, 2.75) is 6.92 Å². The van der Waals surface area contributed by atoms with E-state index in [1.165, 1.54) is 6.07 Å². The second-order valence-corrected chi connectivity index (χ2v) is 1.73. The molecule has 1 aromatic heterocycles. The average molecular weight is 184 g/mol. The second kappa shape index (κ2) is 3.37. The summed E-state index contributed by atoms with van der Waals surface area (Å²) in [5, 5.41) is 8.76. The molecule has 1 heterocycles. The molecule has 0 saturated carbocycles. The normalized spacial score (nSPS) is 8.50. The molecule has 1 rings (SSSR count). The molecule has 4 nitrogen and oxygen atoms in total. The number of nitrogens with two attached hydrogens (primary N) is 1. The third kappa shape index (κ3) is 2.19. The van der Waals surface area contributed by atoms with Crippen molar-refractivity contribution in [1.29, 1.82) is 0 Å². The number of nitrogen functional groups attached to an aromatic ring is 1. The summed E-state index contributed by atoms with van der Waals surface area (Å²) >= 11 is 0. The molecule has 0 aliphatic heterocycles. The Kier molecular flexibility index (Phi) is 3.09. The van der Waals surface area contributed by atoms with Gasteiger partial charge in [0.05, 0.1) is 0 Å². The molecule has 0 atom stereocenters. The van der Waals surface area contributed by atoms with Gasteiger partial charge in [0, 0.05) is 28.3 Å². The van der Waals surface area contributed by atoms with Gasteiger partial charge in [0.15, 0.2) is 0 Å². The first-order chi connectivity index (χ1) is 4.18. The first kappa shape index (κ1) is 9.17. The van der Waals surface area contributed by atoms with Crippen molar-refractivity contribution >= 4 is 5.95 Å². The number of aromatic hydroxyl groups is 1. The van der Waals surface area contributed by atoms with Gasteiger partial charge in [-0.15, -0.1) is 0 Å². The summed E-state index contributed by atoms with van der Waals surface area (Å²) in [5.74, 6) is 0.0208. The summed E-state index contributed by atoms with van der Waals surface area (Å²) in [7, 11) is 0. The van der Waals surface area contributed by atoms with Crippen molar-refractivity contribution in [3.8, 4) is 5.88 Å².